The van der Waals surface area contributed by atoms with Crippen LogP contribution in [0.25, 0.3) is 11.0 Å². The number of aromatic nitrogens is 2. The summed E-state index contributed by atoms with van der Waals surface area (Å²) in [4.78, 5) is 46.5. The van der Waals surface area contributed by atoms with Crippen LogP contribution < -0.4 is 10.6 Å². The van der Waals surface area contributed by atoms with Crippen molar-refractivity contribution in [1.82, 2.24) is 20.2 Å². The average molecular weight is 572 g/mol. The van der Waals surface area contributed by atoms with Gasteiger partial charge in [-0.1, -0.05) is 18.2 Å². The molecule has 0 saturated carbocycles. The Bertz CT molecular complexity index is 1290. The highest BCUT2D eigenvalue weighted by molar-refractivity contribution is 9.10. The predicted octanol–water partition coefficient (Wildman–Crippen LogP) is 3.38. The number of phenols is 1. The summed E-state index contributed by atoms with van der Waals surface area (Å²) in [5.74, 6) is -0.479. The molecule has 4 N–H and O–H groups in total. The van der Waals surface area contributed by atoms with Crippen LogP contribution in [0.4, 0.5) is 10.6 Å². The van der Waals surface area contributed by atoms with Gasteiger partial charge in [-0.2, -0.15) is 0 Å². The second-order valence-corrected chi connectivity index (χ2v) is 9.38. The number of ether oxygens (including phenoxy) is 1. The van der Waals surface area contributed by atoms with E-state index in [0.29, 0.717) is 39.7 Å². The number of carbonyl (C=O) groups is 3. The second kappa shape index (κ2) is 11.9. The fourth-order valence-electron chi connectivity index (χ4n) is 4.12. The van der Waals surface area contributed by atoms with E-state index in [4.69, 9.17) is 4.74 Å². The average Bonchev–Trinajstić information content (AvgIpc) is 2.91. The van der Waals surface area contributed by atoms with E-state index in [-0.39, 0.29) is 37.9 Å². The molecule has 0 bridgehead atoms. The lowest BCUT2D eigenvalue weighted by molar-refractivity contribution is -0.127. The Hall–Kier alpha value is -3.93. The Morgan fingerprint density at radius 1 is 1.16 bits per heavy atom. The first-order chi connectivity index (χ1) is 17.8. The summed E-state index contributed by atoms with van der Waals surface area (Å²) >= 11 is 3.26. The van der Waals surface area contributed by atoms with Gasteiger partial charge in [-0.25, -0.2) is 14.6 Å². The molecule has 0 aliphatic carbocycles. The number of esters is 1. The molecule has 2 heterocycles. The van der Waals surface area contributed by atoms with Gasteiger partial charge in [0.2, 0.25) is 5.91 Å². The first kappa shape index (κ1) is 26.1. The molecule has 2 amide bonds. The second-order valence-electron chi connectivity index (χ2n) is 8.52. The van der Waals surface area contributed by atoms with Crippen molar-refractivity contribution in [2.45, 2.75) is 31.3 Å². The molecule has 1 aliphatic rings. The molecule has 194 valence electrons. The first-order valence-corrected chi connectivity index (χ1v) is 12.5. The number of hydrogen-bond acceptors (Lipinski definition) is 8. The van der Waals surface area contributed by atoms with Crippen molar-refractivity contribution < 1.29 is 29.3 Å². The topological polar surface area (TPSA) is 154 Å². The Labute approximate surface area is 221 Å². The minimum Gasteiger partial charge on any atom is -0.504 e. The number of amides is 2. The summed E-state index contributed by atoms with van der Waals surface area (Å²) in [6, 6.07) is 10.9. The van der Waals surface area contributed by atoms with Crippen LogP contribution in [-0.4, -0.2) is 74.8 Å². The van der Waals surface area contributed by atoms with Crippen LogP contribution in [0, 0.1) is 0 Å². The molecule has 11 nitrogen and oxygen atoms in total. The lowest BCUT2D eigenvalue weighted by Gasteiger charge is -2.37. The predicted molar refractivity (Wildman–Crippen MR) is 138 cm³/mol. The maximum Gasteiger partial charge on any atom is 0.407 e. The highest BCUT2D eigenvalue weighted by Gasteiger charge is 2.36. The number of fused-ring (bicyclic) bond motifs is 1. The van der Waals surface area contributed by atoms with Gasteiger partial charge >= 0.3 is 12.1 Å². The van der Waals surface area contributed by atoms with Crippen LogP contribution in [0.2, 0.25) is 0 Å². The molecular weight excluding hydrogens is 546 g/mol. The van der Waals surface area contributed by atoms with Crippen molar-refractivity contribution in [3.63, 3.8) is 0 Å². The van der Waals surface area contributed by atoms with Crippen molar-refractivity contribution in [3.8, 4) is 5.75 Å². The number of rotatable bonds is 8. The fraction of sp³-hybridized carbons (Fsp3) is 0.320. The van der Waals surface area contributed by atoms with Crippen molar-refractivity contribution in [2.24, 2.45) is 0 Å². The normalized spacial score (nSPS) is 17.3. The zero-order chi connectivity index (χ0) is 26.4. The number of aromatic hydroxyl groups is 1. The van der Waals surface area contributed by atoms with E-state index < -0.39 is 24.0 Å². The fourth-order valence-corrected chi connectivity index (χ4v) is 4.44. The summed E-state index contributed by atoms with van der Waals surface area (Å²) < 4.78 is 5.70. The number of phenolic OH excluding ortho intramolecular Hbond substituents is 1. The third-order valence-electron chi connectivity index (χ3n) is 6.00. The number of benzene rings is 2. The third kappa shape index (κ3) is 6.45. The van der Waals surface area contributed by atoms with Gasteiger partial charge in [0.1, 0.15) is 17.4 Å². The van der Waals surface area contributed by atoms with Gasteiger partial charge in [-0.15, -0.1) is 0 Å². The first-order valence-electron chi connectivity index (χ1n) is 11.7. The number of hydrogen-bond donors (Lipinski definition) is 4. The van der Waals surface area contributed by atoms with Crippen molar-refractivity contribution in [2.75, 3.05) is 25.0 Å². The molecule has 1 fully saturated rings. The van der Waals surface area contributed by atoms with Gasteiger partial charge in [0.05, 0.1) is 28.4 Å². The van der Waals surface area contributed by atoms with E-state index >= 15 is 0 Å². The SMILES string of the molecule is O=C(OCCCNC(=O)C1CC(Nc2cnc3ccc(Br)c(O)c3n2)CCN1C(=O)O)c1ccccc1. The molecule has 2 unspecified atom stereocenters. The lowest BCUT2D eigenvalue weighted by atomic mass is 9.96. The van der Waals surface area contributed by atoms with E-state index in [1.807, 2.05) is 0 Å². The van der Waals surface area contributed by atoms with Gasteiger partial charge in [0, 0.05) is 19.1 Å². The summed E-state index contributed by atoms with van der Waals surface area (Å²) in [6.45, 7) is 0.514. The van der Waals surface area contributed by atoms with Gasteiger partial charge in [0.25, 0.3) is 0 Å². The number of piperidine rings is 1. The molecule has 2 aromatic carbocycles. The number of carboxylic acid groups (broad SMARTS) is 1. The van der Waals surface area contributed by atoms with Crippen molar-refractivity contribution in [1.29, 1.82) is 0 Å². The van der Waals surface area contributed by atoms with Crippen LogP contribution in [0.1, 0.15) is 29.6 Å². The summed E-state index contributed by atoms with van der Waals surface area (Å²) in [7, 11) is 0. The highest BCUT2D eigenvalue weighted by atomic mass is 79.9. The molecule has 37 heavy (non-hydrogen) atoms. The van der Waals surface area contributed by atoms with Crippen LogP contribution in [0.15, 0.2) is 53.1 Å². The van der Waals surface area contributed by atoms with Crippen LogP contribution in [0.3, 0.4) is 0 Å². The molecule has 1 aliphatic heterocycles. The zero-order valence-corrected chi connectivity index (χ0v) is 21.3. The van der Waals surface area contributed by atoms with Gasteiger partial charge in [-0.05, 0) is 59.5 Å². The largest absolute Gasteiger partial charge is 0.504 e. The number of halogens is 1. The maximum atomic E-state index is 12.9. The molecule has 12 heteroatoms. The van der Waals surface area contributed by atoms with Crippen LogP contribution in [0.5, 0.6) is 5.75 Å². The summed E-state index contributed by atoms with van der Waals surface area (Å²) in [5, 5.41) is 25.8. The molecule has 1 saturated heterocycles. The van der Waals surface area contributed by atoms with Crippen molar-refractivity contribution >= 4 is 50.8 Å². The Morgan fingerprint density at radius 2 is 1.95 bits per heavy atom. The minimum atomic E-state index is -1.17. The Kier molecular flexibility index (Phi) is 8.39. The number of likely N-dealkylation sites (tertiary alicyclic amines) is 1. The molecular formula is C25H26BrN5O6. The van der Waals surface area contributed by atoms with E-state index in [1.165, 1.54) is 6.20 Å². The van der Waals surface area contributed by atoms with E-state index in [0.717, 1.165) is 4.90 Å². The number of nitrogens with zero attached hydrogens (tertiary/aromatic N) is 3. The van der Waals surface area contributed by atoms with Crippen molar-refractivity contribution in [3.05, 3.63) is 58.7 Å². The lowest BCUT2D eigenvalue weighted by Crippen LogP contribution is -2.55. The van der Waals surface area contributed by atoms with Gasteiger partial charge in [-0.3, -0.25) is 14.7 Å². The third-order valence-corrected chi connectivity index (χ3v) is 6.64. The Morgan fingerprint density at radius 3 is 2.70 bits per heavy atom. The van der Waals surface area contributed by atoms with E-state index in [2.05, 4.69) is 36.5 Å². The van der Waals surface area contributed by atoms with E-state index in [9.17, 15) is 24.6 Å². The van der Waals surface area contributed by atoms with Crippen LogP contribution >= 0.6 is 15.9 Å². The standard InChI is InChI=1S/C25H26BrN5O6/c26-17-7-8-18-21(22(17)32)30-20(14-28-18)29-16-9-11-31(25(35)36)19(13-16)23(33)27-10-4-12-37-24(34)15-5-2-1-3-6-15/h1-3,5-8,14,16,19,32H,4,9-13H2,(H,27,33)(H,29,30)(H,35,36). The highest BCUT2D eigenvalue weighted by Crippen LogP contribution is 2.31. The summed E-state index contributed by atoms with van der Waals surface area (Å²) in [6.07, 6.45) is 1.44. The summed E-state index contributed by atoms with van der Waals surface area (Å²) in [5.41, 5.74) is 1.30. The molecule has 1 aromatic heterocycles. The van der Waals surface area contributed by atoms with Crippen LogP contribution in [-0.2, 0) is 9.53 Å². The van der Waals surface area contributed by atoms with Gasteiger partial charge < -0.3 is 25.6 Å². The molecule has 0 radical (unpaired) electrons. The Balaban J connectivity index is 1.32. The smallest absolute Gasteiger partial charge is 0.407 e. The quantitative estimate of drug-likeness (QED) is 0.235. The van der Waals surface area contributed by atoms with E-state index in [1.54, 1.807) is 42.5 Å². The molecule has 3 aromatic rings. The molecule has 0 spiro atoms. The monoisotopic (exact) mass is 571 g/mol. The number of carbonyl (C=O) groups excluding carboxylic acids is 2. The number of anilines is 1. The van der Waals surface area contributed by atoms with Gasteiger partial charge in [0.15, 0.2) is 5.75 Å². The minimum absolute atomic E-state index is 0.0268. The molecule has 2 atom stereocenters. The molecule has 4 rings (SSSR count). The maximum absolute atomic E-state index is 12.9. The zero-order valence-electron chi connectivity index (χ0n) is 19.8. The number of nitrogens with one attached hydrogen (secondary N) is 2.